The summed E-state index contributed by atoms with van der Waals surface area (Å²) < 4.78 is 0. The number of benzene rings is 1. The highest BCUT2D eigenvalue weighted by atomic mass is 16.3. The first kappa shape index (κ1) is 16.5. The third-order valence-corrected chi connectivity index (χ3v) is 3.92. The second kappa shape index (κ2) is 5.86. The van der Waals surface area contributed by atoms with Crippen molar-refractivity contribution in [3.63, 3.8) is 0 Å². The van der Waals surface area contributed by atoms with Gasteiger partial charge in [0.25, 0.3) is 0 Å². The Morgan fingerprint density at radius 3 is 2.05 bits per heavy atom. The second-order valence-corrected chi connectivity index (χ2v) is 6.97. The summed E-state index contributed by atoms with van der Waals surface area (Å²) in [5, 5.41) is 12.5. The van der Waals surface area contributed by atoms with E-state index in [1.807, 2.05) is 13.8 Å². The van der Waals surface area contributed by atoms with Crippen molar-refractivity contribution in [1.82, 2.24) is 5.32 Å². The summed E-state index contributed by atoms with van der Waals surface area (Å²) >= 11 is 0. The highest BCUT2D eigenvalue weighted by molar-refractivity contribution is 5.87. The summed E-state index contributed by atoms with van der Waals surface area (Å²) in [4.78, 5) is 12.6. The Kier molecular flexibility index (Phi) is 4.85. The molecule has 0 unspecified atom stereocenters. The van der Waals surface area contributed by atoms with Crippen LogP contribution in [-0.4, -0.2) is 17.1 Å². The number of carbonyl (C=O) groups excluding carboxylic acids is 1. The Morgan fingerprint density at radius 1 is 1.15 bits per heavy atom. The smallest absolute Gasteiger partial charge is 0.230 e. The highest BCUT2D eigenvalue weighted by Crippen LogP contribution is 2.27. The van der Waals surface area contributed by atoms with Crippen molar-refractivity contribution in [2.24, 2.45) is 5.41 Å². The number of aromatic hydroxyl groups is 1. The predicted molar refractivity (Wildman–Crippen MR) is 82.8 cm³/mol. The number of rotatable bonds is 4. The molecule has 1 amide bonds. The molecule has 0 aromatic heterocycles. The van der Waals surface area contributed by atoms with Gasteiger partial charge in [-0.2, -0.15) is 0 Å². The lowest BCUT2D eigenvalue weighted by atomic mass is 9.81. The van der Waals surface area contributed by atoms with Crippen molar-refractivity contribution in [1.29, 1.82) is 0 Å². The van der Waals surface area contributed by atoms with Crippen LogP contribution in [0.15, 0.2) is 24.3 Å². The van der Waals surface area contributed by atoms with Gasteiger partial charge in [0.2, 0.25) is 5.91 Å². The van der Waals surface area contributed by atoms with Gasteiger partial charge >= 0.3 is 0 Å². The van der Waals surface area contributed by atoms with Gasteiger partial charge in [-0.25, -0.2) is 0 Å². The fourth-order valence-corrected chi connectivity index (χ4v) is 2.28. The van der Waals surface area contributed by atoms with Gasteiger partial charge in [0, 0.05) is 6.04 Å². The fraction of sp³-hybridized carbons (Fsp3) is 0.588. The van der Waals surface area contributed by atoms with Crippen LogP contribution in [0.2, 0.25) is 0 Å². The maximum absolute atomic E-state index is 12.6. The monoisotopic (exact) mass is 277 g/mol. The van der Waals surface area contributed by atoms with Crippen LogP contribution < -0.4 is 5.32 Å². The van der Waals surface area contributed by atoms with Crippen LogP contribution >= 0.6 is 0 Å². The largest absolute Gasteiger partial charge is 0.508 e. The minimum absolute atomic E-state index is 0.0185. The number of phenols is 1. The van der Waals surface area contributed by atoms with E-state index in [9.17, 15) is 9.90 Å². The van der Waals surface area contributed by atoms with Gasteiger partial charge in [-0.05, 0) is 43.4 Å². The minimum Gasteiger partial charge on any atom is -0.508 e. The maximum Gasteiger partial charge on any atom is 0.230 e. The molecule has 0 aliphatic heterocycles. The van der Waals surface area contributed by atoms with Crippen LogP contribution in [0.4, 0.5) is 0 Å². The summed E-state index contributed by atoms with van der Waals surface area (Å²) in [6.07, 6.45) is 0.904. The quantitative estimate of drug-likeness (QED) is 0.883. The van der Waals surface area contributed by atoms with Gasteiger partial charge in [-0.15, -0.1) is 0 Å². The van der Waals surface area contributed by atoms with Crippen LogP contribution in [0.5, 0.6) is 5.75 Å². The first-order chi connectivity index (χ1) is 9.09. The Balaban J connectivity index is 2.92. The van der Waals surface area contributed by atoms with E-state index in [4.69, 9.17) is 0 Å². The molecule has 1 aromatic rings. The summed E-state index contributed by atoms with van der Waals surface area (Å²) in [5.41, 5.74) is 0.318. The van der Waals surface area contributed by atoms with Crippen LogP contribution in [-0.2, 0) is 10.2 Å². The van der Waals surface area contributed by atoms with Gasteiger partial charge in [0.05, 0.1) is 5.41 Å². The van der Waals surface area contributed by atoms with Crippen molar-refractivity contribution in [2.45, 2.75) is 59.4 Å². The summed E-state index contributed by atoms with van der Waals surface area (Å²) in [6.45, 7) is 12.3. The highest BCUT2D eigenvalue weighted by Gasteiger charge is 2.33. The molecule has 0 aliphatic carbocycles. The first-order valence-electron chi connectivity index (χ1n) is 7.19. The molecule has 0 fully saturated rings. The SMILES string of the molecule is CC[C@@H](NC(=O)C(C)(C)c1ccc(O)cc1)C(C)(C)C. The summed E-state index contributed by atoms with van der Waals surface area (Å²) in [7, 11) is 0. The van der Waals surface area contributed by atoms with Gasteiger partial charge in [-0.1, -0.05) is 39.8 Å². The molecule has 1 aromatic carbocycles. The molecule has 0 saturated carbocycles. The zero-order valence-corrected chi connectivity index (χ0v) is 13.4. The molecule has 3 heteroatoms. The van der Waals surface area contributed by atoms with Crippen molar-refractivity contribution in [2.75, 3.05) is 0 Å². The van der Waals surface area contributed by atoms with Crippen LogP contribution in [0, 0.1) is 5.41 Å². The zero-order valence-electron chi connectivity index (χ0n) is 13.4. The van der Waals surface area contributed by atoms with Crippen LogP contribution in [0.25, 0.3) is 0 Å². The number of carbonyl (C=O) groups is 1. The molecule has 0 bridgehead atoms. The lowest BCUT2D eigenvalue weighted by Gasteiger charge is -2.34. The molecular formula is C17H27NO2. The number of phenolic OH excluding ortho intramolecular Hbond substituents is 1. The molecule has 0 radical (unpaired) electrons. The van der Waals surface area contributed by atoms with E-state index in [-0.39, 0.29) is 23.1 Å². The standard InChI is InChI=1S/C17H27NO2/c1-7-14(16(2,3)4)18-15(20)17(5,6)12-8-10-13(19)11-9-12/h8-11,14,19H,7H2,1-6H3,(H,18,20)/t14-/m1/s1. The first-order valence-corrected chi connectivity index (χ1v) is 7.19. The fourth-order valence-electron chi connectivity index (χ4n) is 2.28. The van der Waals surface area contributed by atoms with Crippen molar-refractivity contribution in [3.8, 4) is 5.75 Å². The molecule has 1 atom stereocenters. The molecule has 3 nitrogen and oxygen atoms in total. The van der Waals surface area contributed by atoms with Gasteiger partial charge < -0.3 is 10.4 Å². The lowest BCUT2D eigenvalue weighted by Crippen LogP contribution is -2.49. The number of amides is 1. The number of hydrogen-bond acceptors (Lipinski definition) is 2. The van der Waals surface area contributed by atoms with Gasteiger partial charge in [0.15, 0.2) is 0 Å². The van der Waals surface area contributed by atoms with Gasteiger partial charge in [0.1, 0.15) is 5.75 Å². The third-order valence-electron chi connectivity index (χ3n) is 3.92. The Morgan fingerprint density at radius 2 is 1.65 bits per heavy atom. The van der Waals surface area contributed by atoms with E-state index in [1.165, 1.54) is 0 Å². The maximum atomic E-state index is 12.6. The molecule has 1 rings (SSSR count). The molecule has 0 spiro atoms. The van der Waals surface area contributed by atoms with E-state index in [0.717, 1.165) is 12.0 Å². The Hall–Kier alpha value is -1.51. The zero-order chi connectivity index (χ0) is 15.6. The average molecular weight is 277 g/mol. The molecule has 0 saturated heterocycles. The third kappa shape index (κ3) is 3.75. The number of hydrogen-bond donors (Lipinski definition) is 2. The molecule has 20 heavy (non-hydrogen) atoms. The Bertz CT molecular complexity index is 455. The normalized spacial score (nSPS) is 13.9. The second-order valence-electron chi connectivity index (χ2n) is 6.97. The van der Waals surface area contributed by atoms with E-state index < -0.39 is 5.41 Å². The van der Waals surface area contributed by atoms with E-state index in [2.05, 4.69) is 33.0 Å². The Labute approximate surface area is 122 Å². The van der Waals surface area contributed by atoms with E-state index in [0.29, 0.717) is 0 Å². The number of nitrogens with one attached hydrogen (secondary N) is 1. The van der Waals surface area contributed by atoms with Gasteiger partial charge in [-0.3, -0.25) is 4.79 Å². The van der Waals surface area contributed by atoms with Crippen molar-refractivity contribution < 1.29 is 9.90 Å². The summed E-state index contributed by atoms with van der Waals surface area (Å²) in [5.74, 6) is 0.232. The predicted octanol–water partition coefficient (Wildman–Crippen LogP) is 3.61. The topological polar surface area (TPSA) is 49.3 Å². The summed E-state index contributed by atoms with van der Waals surface area (Å²) in [6, 6.07) is 6.97. The molecule has 2 N–H and O–H groups in total. The van der Waals surface area contributed by atoms with Crippen molar-refractivity contribution in [3.05, 3.63) is 29.8 Å². The lowest BCUT2D eigenvalue weighted by molar-refractivity contribution is -0.127. The van der Waals surface area contributed by atoms with Crippen LogP contribution in [0.3, 0.4) is 0 Å². The van der Waals surface area contributed by atoms with E-state index in [1.54, 1.807) is 24.3 Å². The molecule has 0 heterocycles. The minimum atomic E-state index is -0.619. The van der Waals surface area contributed by atoms with Crippen molar-refractivity contribution >= 4 is 5.91 Å². The van der Waals surface area contributed by atoms with E-state index >= 15 is 0 Å². The van der Waals surface area contributed by atoms with Crippen LogP contribution in [0.1, 0.15) is 53.5 Å². The molecular weight excluding hydrogens is 250 g/mol. The average Bonchev–Trinajstić information content (AvgIpc) is 2.34. The molecule has 112 valence electrons. The molecule has 0 aliphatic rings.